The minimum absolute atomic E-state index is 0.00539. The highest BCUT2D eigenvalue weighted by Gasteiger charge is 2.29. The average Bonchev–Trinajstić information content (AvgIpc) is 3.41. The summed E-state index contributed by atoms with van der Waals surface area (Å²) in [6.45, 7) is 2.56. The van der Waals surface area contributed by atoms with Crippen molar-refractivity contribution in [1.82, 2.24) is 20.0 Å². The van der Waals surface area contributed by atoms with Crippen molar-refractivity contribution in [2.75, 3.05) is 19.6 Å². The maximum Gasteiger partial charge on any atom is 0.274 e. The Balaban J connectivity index is 1.47. The normalized spacial score (nSPS) is 20.4. The summed E-state index contributed by atoms with van der Waals surface area (Å²) >= 11 is 0. The van der Waals surface area contributed by atoms with Crippen LogP contribution in [-0.2, 0) is 6.42 Å². The van der Waals surface area contributed by atoms with Crippen LogP contribution in [0.1, 0.15) is 60.6 Å². The van der Waals surface area contributed by atoms with Gasteiger partial charge in [0.1, 0.15) is 11.5 Å². The predicted molar refractivity (Wildman–Crippen MR) is 107 cm³/mol. The second-order valence-corrected chi connectivity index (χ2v) is 8.00. The smallest absolute Gasteiger partial charge is 0.274 e. The number of benzene rings is 1. The zero-order chi connectivity index (χ0) is 19.3. The molecule has 1 aliphatic heterocycles. The molecule has 1 atom stereocenters. The molecule has 0 spiro atoms. The summed E-state index contributed by atoms with van der Waals surface area (Å²) in [7, 11) is 0. The molecule has 4 rings (SSSR count). The first kappa shape index (κ1) is 19.1. The summed E-state index contributed by atoms with van der Waals surface area (Å²) in [4.78, 5) is 15.3. The number of carbonyl (C=O) groups excluding carboxylic acids is 1. The highest BCUT2D eigenvalue weighted by Crippen LogP contribution is 2.25. The highest BCUT2D eigenvalue weighted by atomic mass is 19.1. The predicted octanol–water partition coefficient (Wildman–Crippen LogP) is 3.57. The van der Waals surface area contributed by atoms with Crippen molar-refractivity contribution in [1.29, 1.82) is 0 Å². The van der Waals surface area contributed by atoms with Crippen LogP contribution in [0.4, 0.5) is 4.39 Å². The van der Waals surface area contributed by atoms with Crippen molar-refractivity contribution in [3.05, 3.63) is 53.6 Å². The Bertz CT molecular complexity index is 793. The van der Waals surface area contributed by atoms with Gasteiger partial charge < -0.3 is 10.2 Å². The first-order valence-corrected chi connectivity index (χ1v) is 10.5. The Labute approximate surface area is 165 Å². The van der Waals surface area contributed by atoms with Gasteiger partial charge in [0, 0.05) is 25.3 Å². The fraction of sp³-hybridized carbons (Fsp3) is 0.545. The van der Waals surface area contributed by atoms with Gasteiger partial charge in [-0.2, -0.15) is 5.10 Å². The van der Waals surface area contributed by atoms with E-state index in [0.717, 1.165) is 57.2 Å². The lowest BCUT2D eigenvalue weighted by Gasteiger charge is -2.28. The van der Waals surface area contributed by atoms with Crippen molar-refractivity contribution in [3.8, 4) is 0 Å². The van der Waals surface area contributed by atoms with Gasteiger partial charge in [0.2, 0.25) is 0 Å². The van der Waals surface area contributed by atoms with Gasteiger partial charge in [0.05, 0.1) is 6.04 Å². The maximum absolute atomic E-state index is 13.5. The second kappa shape index (κ2) is 8.86. The quantitative estimate of drug-likeness (QED) is 0.828. The topological polar surface area (TPSA) is 50.2 Å². The Kier molecular flexibility index (Phi) is 6.05. The molecular weight excluding hydrogens is 355 g/mol. The molecule has 28 heavy (non-hydrogen) atoms. The molecular formula is C22H29FN4O. The number of aromatic nitrogens is 2. The van der Waals surface area contributed by atoms with Gasteiger partial charge in [-0.1, -0.05) is 25.0 Å². The summed E-state index contributed by atoms with van der Waals surface area (Å²) in [5.41, 5.74) is 1.45. The van der Waals surface area contributed by atoms with Crippen LogP contribution < -0.4 is 5.32 Å². The van der Waals surface area contributed by atoms with E-state index in [-0.39, 0.29) is 17.8 Å². The Morgan fingerprint density at radius 1 is 1.21 bits per heavy atom. The maximum atomic E-state index is 13.5. The number of hydrogen-bond acceptors (Lipinski definition) is 3. The highest BCUT2D eigenvalue weighted by molar-refractivity contribution is 5.92. The second-order valence-electron chi connectivity index (χ2n) is 8.00. The van der Waals surface area contributed by atoms with Crippen molar-refractivity contribution in [3.63, 3.8) is 0 Å². The molecule has 1 amide bonds. The van der Waals surface area contributed by atoms with Gasteiger partial charge in [-0.05, 0) is 62.4 Å². The van der Waals surface area contributed by atoms with Gasteiger partial charge >= 0.3 is 0 Å². The van der Waals surface area contributed by atoms with E-state index in [1.165, 1.54) is 6.07 Å². The van der Waals surface area contributed by atoms with Gasteiger partial charge in [-0.15, -0.1) is 0 Å². The molecule has 1 aromatic carbocycles. The number of nitrogens with zero attached hydrogens (tertiary/aromatic N) is 3. The monoisotopic (exact) mass is 384 g/mol. The summed E-state index contributed by atoms with van der Waals surface area (Å²) in [6, 6.07) is 9.10. The van der Waals surface area contributed by atoms with Gasteiger partial charge in [0.15, 0.2) is 0 Å². The molecule has 2 aromatic rings. The number of nitrogens with one attached hydrogen (secondary N) is 1. The molecule has 2 aliphatic rings. The zero-order valence-electron chi connectivity index (χ0n) is 16.3. The molecule has 6 heteroatoms. The molecule has 150 valence electrons. The fourth-order valence-corrected chi connectivity index (χ4v) is 4.47. The van der Waals surface area contributed by atoms with Crippen molar-refractivity contribution >= 4 is 5.91 Å². The minimum atomic E-state index is -0.226. The van der Waals surface area contributed by atoms with Crippen LogP contribution in [0.25, 0.3) is 0 Å². The van der Waals surface area contributed by atoms with E-state index in [2.05, 4.69) is 10.4 Å². The number of hydrogen-bond donors (Lipinski definition) is 1. The summed E-state index contributed by atoms with van der Waals surface area (Å²) in [5, 5.41) is 8.02. The molecule has 2 heterocycles. The van der Waals surface area contributed by atoms with Gasteiger partial charge in [-0.3, -0.25) is 9.48 Å². The standard InChI is InChI=1S/C22H29FN4O/c23-18-6-3-5-17(15-18)10-13-26(19-7-1-2-8-19)22(28)21-11-14-27(25-21)20-9-4-12-24-16-20/h3,5-6,11,14-15,19-20,24H,1-2,4,7-10,12-13,16H2. The molecule has 0 radical (unpaired) electrons. The third-order valence-electron chi connectivity index (χ3n) is 6.03. The Morgan fingerprint density at radius 2 is 2.07 bits per heavy atom. The Hall–Kier alpha value is -2.21. The van der Waals surface area contributed by atoms with Crippen LogP contribution in [0.5, 0.6) is 0 Å². The van der Waals surface area contributed by atoms with E-state index in [1.807, 2.05) is 27.9 Å². The first-order chi connectivity index (χ1) is 13.7. The lowest BCUT2D eigenvalue weighted by atomic mass is 10.1. The molecule has 1 N–H and O–H groups in total. The van der Waals surface area contributed by atoms with Crippen molar-refractivity contribution < 1.29 is 9.18 Å². The van der Waals surface area contributed by atoms with E-state index in [4.69, 9.17) is 0 Å². The number of carbonyl (C=O) groups is 1. The van der Waals surface area contributed by atoms with Crippen LogP contribution in [0.15, 0.2) is 36.5 Å². The molecule has 1 saturated carbocycles. The first-order valence-electron chi connectivity index (χ1n) is 10.5. The minimum Gasteiger partial charge on any atom is -0.334 e. The van der Waals surface area contributed by atoms with Crippen LogP contribution >= 0.6 is 0 Å². The molecule has 1 saturated heterocycles. The summed E-state index contributed by atoms with van der Waals surface area (Å²) < 4.78 is 15.4. The summed E-state index contributed by atoms with van der Waals surface area (Å²) in [5.74, 6) is -0.220. The van der Waals surface area contributed by atoms with Crippen molar-refractivity contribution in [2.24, 2.45) is 0 Å². The van der Waals surface area contributed by atoms with Gasteiger partial charge in [0.25, 0.3) is 5.91 Å². The number of amides is 1. The number of piperidine rings is 1. The zero-order valence-corrected chi connectivity index (χ0v) is 16.3. The molecule has 5 nitrogen and oxygen atoms in total. The fourth-order valence-electron chi connectivity index (χ4n) is 4.47. The Morgan fingerprint density at radius 3 is 2.82 bits per heavy atom. The van der Waals surface area contributed by atoms with E-state index >= 15 is 0 Å². The van der Waals surface area contributed by atoms with Crippen LogP contribution in [-0.4, -0.2) is 46.3 Å². The average molecular weight is 384 g/mol. The largest absolute Gasteiger partial charge is 0.334 e. The summed E-state index contributed by atoms with van der Waals surface area (Å²) in [6.07, 6.45) is 9.24. The third kappa shape index (κ3) is 4.43. The SMILES string of the molecule is O=C(c1ccn(C2CCCNC2)n1)N(CCc1cccc(F)c1)C1CCCC1. The van der Waals surface area contributed by atoms with Crippen LogP contribution in [0, 0.1) is 5.82 Å². The van der Waals surface area contributed by atoms with E-state index in [0.29, 0.717) is 24.7 Å². The molecule has 0 bridgehead atoms. The van der Waals surface area contributed by atoms with E-state index in [9.17, 15) is 9.18 Å². The molecule has 1 unspecified atom stereocenters. The van der Waals surface area contributed by atoms with E-state index < -0.39 is 0 Å². The van der Waals surface area contributed by atoms with Crippen molar-refractivity contribution in [2.45, 2.75) is 57.0 Å². The third-order valence-corrected chi connectivity index (χ3v) is 6.03. The van der Waals surface area contributed by atoms with Gasteiger partial charge in [-0.25, -0.2) is 4.39 Å². The number of rotatable bonds is 6. The molecule has 1 aliphatic carbocycles. The molecule has 1 aromatic heterocycles. The lowest BCUT2D eigenvalue weighted by molar-refractivity contribution is 0.0676. The lowest BCUT2D eigenvalue weighted by Crippen LogP contribution is -2.40. The van der Waals surface area contributed by atoms with Crippen LogP contribution in [0.3, 0.4) is 0 Å². The molecule has 2 fully saturated rings. The number of halogens is 1. The van der Waals surface area contributed by atoms with E-state index in [1.54, 1.807) is 12.1 Å². The van der Waals surface area contributed by atoms with Crippen LogP contribution in [0.2, 0.25) is 0 Å².